The van der Waals surface area contributed by atoms with Crippen molar-refractivity contribution < 1.29 is 0 Å². The number of rotatable bonds is 3. The van der Waals surface area contributed by atoms with Crippen LogP contribution in [0.5, 0.6) is 0 Å². The lowest BCUT2D eigenvalue weighted by atomic mass is 9.94. The zero-order valence-corrected chi connectivity index (χ0v) is 12.3. The number of likely N-dealkylation sites (tertiary alicyclic amines) is 1. The normalized spacial score (nSPS) is 26.2. The molecule has 0 aromatic carbocycles. The van der Waals surface area contributed by atoms with E-state index in [1.165, 1.54) is 19.4 Å². The third kappa shape index (κ3) is 3.23. The molecule has 1 nitrogen and oxygen atoms in total. The number of hydrogen-bond donors (Lipinski definition) is 0. The van der Waals surface area contributed by atoms with E-state index in [4.69, 9.17) is 0 Å². The standard InChI is InChI=1S/C14H25NSi/c1-6-11-15-12-8-9-14(15,7-2)10-13-16(3,4)5/h6H,1,7-9,11-12H2,2-5H3. The first-order valence-electron chi connectivity index (χ1n) is 6.34. The summed E-state index contributed by atoms with van der Waals surface area (Å²) in [5.41, 5.74) is 3.70. The molecule has 1 atom stereocenters. The highest BCUT2D eigenvalue weighted by Crippen LogP contribution is 2.31. The second kappa shape index (κ2) is 5.20. The van der Waals surface area contributed by atoms with Crippen LogP contribution in [0.25, 0.3) is 0 Å². The maximum absolute atomic E-state index is 3.85. The van der Waals surface area contributed by atoms with Crippen molar-refractivity contribution in [2.24, 2.45) is 0 Å². The molecule has 0 saturated carbocycles. The highest BCUT2D eigenvalue weighted by atomic mass is 28.3. The van der Waals surface area contributed by atoms with Crippen molar-refractivity contribution in [3.8, 4) is 11.5 Å². The van der Waals surface area contributed by atoms with Crippen molar-refractivity contribution >= 4 is 8.07 Å². The number of nitrogens with zero attached hydrogens (tertiary/aromatic N) is 1. The molecular weight excluding hydrogens is 210 g/mol. The second-order valence-corrected chi connectivity index (χ2v) is 10.5. The summed E-state index contributed by atoms with van der Waals surface area (Å²) in [4.78, 5) is 2.51. The largest absolute Gasteiger partial charge is 0.284 e. The Bertz CT molecular complexity index is 305. The van der Waals surface area contributed by atoms with Crippen molar-refractivity contribution in [2.45, 2.75) is 51.4 Å². The van der Waals surface area contributed by atoms with Gasteiger partial charge >= 0.3 is 0 Å². The minimum atomic E-state index is -1.25. The van der Waals surface area contributed by atoms with Crippen molar-refractivity contribution in [1.29, 1.82) is 0 Å². The zero-order chi connectivity index (χ0) is 12.2. The van der Waals surface area contributed by atoms with Gasteiger partial charge in [0.2, 0.25) is 0 Å². The van der Waals surface area contributed by atoms with Crippen LogP contribution in [-0.2, 0) is 0 Å². The highest BCUT2D eigenvalue weighted by molar-refractivity contribution is 6.83. The number of hydrogen-bond acceptors (Lipinski definition) is 1. The average Bonchev–Trinajstić information content (AvgIpc) is 2.59. The van der Waals surface area contributed by atoms with E-state index < -0.39 is 8.07 Å². The summed E-state index contributed by atoms with van der Waals surface area (Å²) in [5.74, 6) is 3.61. The van der Waals surface area contributed by atoms with Crippen LogP contribution in [0, 0.1) is 11.5 Å². The average molecular weight is 235 g/mol. The fourth-order valence-corrected chi connectivity index (χ4v) is 2.90. The van der Waals surface area contributed by atoms with Crippen molar-refractivity contribution in [3.63, 3.8) is 0 Å². The molecule has 0 aliphatic carbocycles. The Morgan fingerprint density at radius 1 is 1.44 bits per heavy atom. The highest BCUT2D eigenvalue weighted by Gasteiger charge is 2.37. The summed E-state index contributed by atoms with van der Waals surface area (Å²) in [7, 11) is -1.25. The van der Waals surface area contributed by atoms with Crippen LogP contribution in [0.15, 0.2) is 12.7 Å². The van der Waals surface area contributed by atoms with Gasteiger partial charge in [0.1, 0.15) is 8.07 Å². The Balaban J connectivity index is 2.90. The van der Waals surface area contributed by atoms with Crippen molar-refractivity contribution in [3.05, 3.63) is 12.7 Å². The minimum absolute atomic E-state index is 0.147. The topological polar surface area (TPSA) is 3.24 Å². The molecule has 0 aromatic rings. The predicted molar refractivity (Wildman–Crippen MR) is 75.1 cm³/mol. The molecule has 1 rings (SSSR count). The maximum atomic E-state index is 3.85. The van der Waals surface area contributed by atoms with Gasteiger partial charge < -0.3 is 0 Å². The fraction of sp³-hybridized carbons (Fsp3) is 0.714. The molecule has 0 amide bonds. The molecule has 0 aromatic heterocycles. The Hall–Kier alpha value is -0.523. The van der Waals surface area contributed by atoms with Crippen LogP contribution < -0.4 is 0 Å². The van der Waals surface area contributed by atoms with Gasteiger partial charge in [0.25, 0.3) is 0 Å². The van der Waals surface area contributed by atoms with Crippen LogP contribution in [0.4, 0.5) is 0 Å². The predicted octanol–water partition coefficient (Wildman–Crippen LogP) is 3.30. The van der Waals surface area contributed by atoms with Gasteiger partial charge in [-0.15, -0.1) is 12.1 Å². The van der Waals surface area contributed by atoms with E-state index in [1.807, 2.05) is 6.08 Å². The Kier molecular flexibility index (Phi) is 4.40. The molecule has 1 heterocycles. The summed E-state index contributed by atoms with van der Waals surface area (Å²) in [6, 6.07) is 0. The van der Waals surface area contributed by atoms with E-state index in [0.717, 1.165) is 13.0 Å². The lowest BCUT2D eigenvalue weighted by molar-refractivity contribution is 0.209. The molecule has 1 unspecified atom stereocenters. The van der Waals surface area contributed by atoms with Crippen LogP contribution >= 0.6 is 0 Å². The molecule has 16 heavy (non-hydrogen) atoms. The van der Waals surface area contributed by atoms with E-state index in [2.05, 4.69) is 49.5 Å². The van der Waals surface area contributed by atoms with Gasteiger partial charge in [-0.1, -0.05) is 38.6 Å². The Morgan fingerprint density at radius 3 is 2.62 bits per heavy atom. The lowest BCUT2D eigenvalue weighted by Crippen LogP contribution is -2.42. The molecule has 0 bridgehead atoms. The van der Waals surface area contributed by atoms with Gasteiger partial charge in [0.05, 0.1) is 5.54 Å². The molecule has 0 spiro atoms. The third-order valence-electron chi connectivity index (χ3n) is 3.23. The van der Waals surface area contributed by atoms with E-state index in [1.54, 1.807) is 0 Å². The first-order valence-corrected chi connectivity index (χ1v) is 9.84. The Morgan fingerprint density at radius 2 is 2.12 bits per heavy atom. The quantitative estimate of drug-likeness (QED) is 0.412. The maximum Gasteiger partial charge on any atom is 0.129 e. The third-order valence-corrected chi connectivity index (χ3v) is 4.10. The summed E-state index contributed by atoms with van der Waals surface area (Å²) in [6.07, 6.45) is 5.65. The van der Waals surface area contributed by atoms with Crippen molar-refractivity contribution in [1.82, 2.24) is 4.90 Å². The molecule has 2 heteroatoms. The van der Waals surface area contributed by atoms with Gasteiger partial charge in [-0.25, -0.2) is 0 Å². The van der Waals surface area contributed by atoms with Gasteiger partial charge in [0.15, 0.2) is 0 Å². The van der Waals surface area contributed by atoms with Crippen LogP contribution in [0.2, 0.25) is 19.6 Å². The van der Waals surface area contributed by atoms with Gasteiger partial charge in [0, 0.05) is 13.1 Å². The molecule has 1 fully saturated rings. The first kappa shape index (κ1) is 13.5. The Labute approximate surface area is 102 Å². The smallest absolute Gasteiger partial charge is 0.129 e. The molecule has 1 saturated heterocycles. The second-order valence-electron chi connectivity index (χ2n) is 5.72. The molecular formula is C14H25NSi. The van der Waals surface area contributed by atoms with Crippen LogP contribution in [0.3, 0.4) is 0 Å². The van der Waals surface area contributed by atoms with E-state index in [0.29, 0.717) is 0 Å². The summed E-state index contributed by atoms with van der Waals surface area (Å²) in [5, 5.41) is 0. The SMILES string of the molecule is C=CCN1CCCC1(C#C[Si](C)(C)C)CC. The first-order chi connectivity index (χ1) is 7.43. The summed E-state index contributed by atoms with van der Waals surface area (Å²) < 4.78 is 0. The fourth-order valence-electron chi connectivity index (χ4n) is 2.29. The molecule has 90 valence electrons. The summed E-state index contributed by atoms with van der Waals surface area (Å²) >= 11 is 0. The van der Waals surface area contributed by atoms with Crippen molar-refractivity contribution in [2.75, 3.05) is 13.1 Å². The summed E-state index contributed by atoms with van der Waals surface area (Å²) in [6.45, 7) is 15.2. The van der Waals surface area contributed by atoms with E-state index in [-0.39, 0.29) is 5.54 Å². The van der Waals surface area contributed by atoms with Gasteiger partial charge in [-0.05, 0) is 19.3 Å². The lowest BCUT2D eigenvalue weighted by Gasteiger charge is -2.33. The van der Waals surface area contributed by atoms with Gasteiger partial charge in [-0.3, -0.25) is 4.90 Å². The zero-order valence-electron chi connectivity index (χ0n) is 11.3. The van der Waals surface area contributed by atoms with Crippen LogP contribution in [0.1, 0.15) is 26.2 Å². The minimum Gasteiger partial charge on any atom is -0.284 e. The van der Waals surface area contributed by atoms with E-state index in [9.17, 15) is 0 Å². The molecule has 0 radical (unpaired) electrons. The van der Waals surface area contributed by atoms with Crippen LogP contribution in [-0.4, -0.2) is 31.6 Å². The van der Waals surface area contributed by atoms with Gasteiger partial charge in [-0.2, -0.15) is 0 Å². The molecule has 1 aliphatic heterocycles. The van der Waals surface area contributed by atoms with E-state index >= 15 is 0 Å². The molecule has 0 N–H and O–H groups in total. The molecule has 1 aliphatic rings. The monoisotopic (exact) mass is 235 g/mol.